The molecule has 160 valence electrons. The number of imidazole rings is 1. The maximum Gasteiger partial charge on any atom is 0.311 e. The number of nitrogens with one attached hydrogen (secondary N) is 2. The molecule has 0 spiro atoms. The largest absolute Gasteiger partial charge is 0.487 e. The fourth-order valence-electron chi connectivity index (χ4n) is 3.15. The molecule has 0 aliphatic carbocycles. The number of fused-ring (bicyclic) bond motifs is 1. The lowest BCUT2D eigenvalue weighted by Crippen LogP contribution is -2.17. The summed E-state index contributed by atoms with van der Waals surface area (Å²) in [6.07, 6.45) is 1.34. The number of benzene rings is 3. The van der Waals surface area contributed by atoms with Crippen molar-refractivity contribution in [3.63, 3.8) is 0 Å². The van der Waals surface area contributed by atoms with E-state index in [1.807, 2.05) is 30.3 Å². The van der Waals surface area contributed by atoms with Crippen molar-refractivity contribution in [3.05, 3.63) is 88.0 Å². The molecule has 0 saturated carbocycles. The average Bonchev–Trinajstić information content (AvgIpc) is 3.24. The Bertz CT molecular complexity index is 1310. The number of rotatable bonds is 7. The second-order valence-electron chi connectivity index (χ2n) is 6.80. The molecule has 0 radical (unpaired) electrons. The Balaban J connectivity index is 1.48. The lowest BCUT2D eigenvalue weighted by Gasteiger charge is -2.04. The molecule has 0 aliphatic heterocycles. The van der Waals surface area contributed by atoms with Crippen LogP contribution in [0, 0.1) is 10.1 Å². The summed E-state index contributed by atoms with van der Waals surface area (Å²) in [5, 5.41) is 15.1. The molecule has 2 N–H and O–H groups in total. The van der Waals surface area contributed by atoms with E-state index in [4.69, 9.17) is 4.74 Å². The smallest absolute Gasteiger partial charge is 0.311 e. The first-order valence-electron chi connectivity index (χ1n) is 9.85. The SMILES string of the molecule is CCOc1ccc(/C=N/NC(=O)c2ccc3nc(-c4ccccc4)[nH]c3c2)cc1[N+](=O)[O-]. The van der Waals surface area contributed by atoms with Gasteiger partial charge in [0.1, 0.15) is 5.82 Å². The summed E-state index contributed by atoms with van der Waals surface area (Å²) in [7, 11) is 0. The molecule has 0 fully saturated rings. The Morgan fingerprint density at radius 1 is 1.19 bits per heavy atom. The molecule has 0 saturated heterocycles. The summed E-state index contributed by atoms with van der Waals surface area (Å²) in [5.74, 6) is 0.481. The van der Waals surface area contributed by atoms with Gasteiger partial charge in [0.25, 0.3) is 5.91 Å². The summed E-state index contributed by atoms with van der Waals surface area (Å²) >= 11 is 0. The van der Waals surface area contributed by atoms with Crippen LogP contribution < -0.4 is 10.2 Å². The lowest BCUT2D eigenvalue weighted by molar-refractivity contribution is -0.385. The van der Waals surface area contributed by atoms with Crippen LogP contribution in [0.4, 0.5) is 5.69 Å². The molecular formula is C23H19N5O4. The molecule has 1 amide bonds. The van der Waals surface area contributed by atoms with E-state index < -0.39 is 10.8 Å². The molecule has 0 atom stereocenters. The predicted octanol–water partition coefficient (Wildman–Crippen LogP) is 4.30. The summed E-state index contributed by atoms with van der Waals surface area (Å²) in [5.41, 5.74) is 5.54. The Hall–Kier alpha value is -4.53. The Morgan fingerprint density at radius 3 is 2.75 bits per heavy atom. The molecule has 0 aliphatic rings. The fourth-order valence-corrected chi connectivity index (χ4v) is 3.15. The zero-order chi connectivity index (χ0) is 22.5. The molecule has 4 aromatic rings. The van der Waals surface area contributed by atoms with Gasteiger partial charge in [0.2, 0.25) is 0 Å². The molecule has 3 aromatic carbocycles. The van der Waals surface area contributed by atoms with Crippen LogP contribution in [0.1, 0.15) is 22.8 Å². The number of aromatic amines is 1. The van der Waals surface area contributed by atoms with E-state index >= 15 is 0 Å². The normalized spacial score (nSPS) is 11.0. The van der Waals surface area contributed by atoms with Gasteiger partial charge in [0, 0.05) is 22.8 Å². The van der Waals surface area contributed by atoms with E-state index in [2.05, 4.69) is 20.5 Å². The molecule has 1 heterocycles. The van der Waals surface area contributed by atoms with Gasteiger partial charge in [-0.1, -0.05) is 30.3 Å². The third-order valence-corrected chi connectivity index (χ3v) is 4.65. The molecule has 0 bridgehead atoms. The summed E-state index contributed by atoms with van der Waals surface area (Å²) in [6, 6.07) is 19.3. The van der Waals surface area contributed by atoms with Gasteiger partial charge >= 0.3 is 5.69 Å². The second-order valence-corrected chi connectivity index (χ2v) is 6.80. The number of hydrogen-bond acceptors (Lipinski definition) is 6. The average molecular weight is 429 g/mol. The maximum absolute atomic E-state index is 12.5. The van der Waals surface area contributed by atoms with E-state index in [0.29, 0.717) is 23.6 Å². The number of hydrogen-bond donors (Lipinski definition) is 2. The standard InChI is InChI=1S/C23H19N5O4/c1-2-32-21-11-8-15(12-20(21)28(30)31)14-24-27-23(29)17-9-10-18-19(13-17)26-22(25-18)16-6-4-3-5-7-16/h3-14H,2H2,1H3,(H,25,26)(H,27,29)/b24-14+. The summed E-state index contributed by atoms with van der Waals surface area (Å²) in [6.45, 7) is 2.07. The first-order chi connectivity index (χ1) is 15.5. The van der Waals surface area contributed by atoms with E-state index in [0.717, 1.165) is 16.6 Å². The van der Waals surface area contributed by atoms with Crippen LogP contribution in [0.3, 0.4) is 0 Å². The molecular weight excluding hydrogens is 410 g/mol. The highest BCUT2D eigenvalue weighted by Crippen LogP contribution is 2.27. The Morgan fingerprint density at radius 2 is 2.00 bits per heavy atom. The minimum absolute atomic E-state index is 0.166. The van der Waals surface area contributed by atoms with Crippen LogP contribution >= 0.6 is 0 Å². The van der Waals surface area contributed by atoms with Crippen molar-refractivity contribution in [1.82, 2.24) is 15.4 Å². The van der Waals surface area contributed by atoms with Gasteiger partial charge in [-0.3, -0.25) is 14.9 Å². The Kier molecular flexibility index (Phi) is 5.89. The van der Waals surface area contributed by atoms with Crippen LogP contribution in [-0.4, -0.2) is 33.6 Å². The van der Waals surface area contributed by atoms with E-state index in [9.17, 15) is 14.9 Å². The van der Waals surface area contributed by atoms with E-state index in [1.54, 1.807) is 31.2 Å². The molecule has 9 heteroatoms. The third kappa shape index (κ3) is 4.46. The topological polar surface area (TPSA) is 123 Å². The van der Waals surface area contributed by atoms with E-state index in [-0.39, 0.29) is 11.4 Å². The number of aromatic nitrogens is 2. The number of H-pyrrole nitrogens is 1. The first-order valence-corrected chi connectivity index (χ1v) is 9.85. The quantitative estimate of drug-likeness (QED) is 0.258. The molecule has 32 heavy (non-hydrogen) atoms. The molecule has 4 rings (SSSR count). The zero-order valence-corrected chi connectivity index (χ0v) is 17.1. The molecule has 9 nitrogen and oxygen atoms in total. The maximum atomic E-state index is 12.5. The summed E-state index contributed by atoms with van der Waals surface area (Å²) < 4.78 is 5.25. The number of nitrogens with zero attached hydrogens (tertiary/aromatic N) is 3. The van der Waals surface area contributed by atoms with Crippen molar-refractivity contribution >= 4 is 28.8 Å². The number of hydrazone groups is 1. The minimum Gasteiger partial charge on any atom is -0.487 e. The van der Waals surface area contributed by atoms with Crippen molar-refractivity contribution in [3.8, 4) is 17.1 Å². The Labute approximate surface area is 182 Å². The first kappa shape index (κ1) is 20.7. The van der Waals surface area contributed by atoms with Gasteiger partial charge in [-0.2, -0.15) is 5.10 Å². The zero-order valence-electron chi connectivity index (χ0n) is 17.1. The van der Waals surface area contributed by atoms with Crippen LogP contribution in [-0.2, 0) is 0 Å². The number of nitro groups is 1. The van der Waals surface area contributed by atoms with Gasteiger partial charge in [-0.05, 0) is 37.3 Å². The van der Waals surface area contributed by atoms with E-state index in [1.165, 1.54) is 18.3 Å². The van der Waals surface area contributed by atoms with Crippen molar-refractivity contribution in [2.75, 3.05) is 6.61 Å². The van der Waals surface area contributed by atoms with Gasteiger partial charge in [-0.25, -0.2) is 10.4 Å². The van der Waals surface area contributed by atoms with Crippen molar-refractivity contribution in [2.45, 2.75) is 6.92 Å². The predicted molar refractivity (Wildman–Crippen MR) is 121 cm³/mol. The van der Waals surface area contributed by atoms with Gasteiger partial charge < -0.3 is 9.72 Å². The molecule has 1 aromatic heterocycles. The van der Waals surface area contributed by atoms with Gasteiger partial charge in [-0.15, -0.1) is 0 Å². The number of amides is 1. The van der Waals surface area contributed by atoms with Gasteiger partial charge in [0.05, 0.1) is 28.8 Å². The number of nitro benzene ring substituents is 1. The number of ether oxygens (including phenoxy) is 1. The lowest BCUT2D eigenvalue weighted by atomic mass is 10.2. The van der Waals surface area contributed by atoms with Crippen molar-refractivity contribution in [1.29, 1.82) is 0 Å². The van der Waals surface area contributed by atoms with Crippen LogP contribution in [0.15, 0.2) is 71.8 Å². The number of carbonyl (C=O) groups excluding carboxylic acids is 1. The monoisotopic (exact) mass is 429 g/mol. The highest BCUT2D eigenvalue weighted by atomic mass is 16.6. The summed E-state index contributed by atoms with van der Waals surface area (Å²) in [4.78, 5) is 30.9. The second kappa shape index (κ2) is 9.09. The van der Waals surface area contributed by atoms with Crippen LogP contribution in [0.2, 0.25) is 0 Å². The van der Waals surface area contributed by atoms with Crippen molar-refractivity contribution < 1.29 is 14.5 Å². The minimum atomic E-state index is -0.524. The number of carbonyl (C=O) groups is 1. The highest BCUT2D eigenvalue weighted by molar-refractivity contribution is 5.98. The molecule has 0 unspecified atom stereocenters. The van der Waals surface area contributed by atoms with Crippen molar-refractivity contribution in [2.24, 2.45) is 5.10 Å². The van der Waals surface area contributed by atoms with Crippen LogP contribution in [0.5, 0.6) is 5.75 Å². The highest BCUT2D eigenvalue weighted by Gasteiger charge is 2.15. The van der Waals surface area contributed by atoms with Gasteiger partial charge in [0.15, 0.2) is 5.75 Å². The fraction of sp³-hybridized carbons (Fsp3) is 0.0870. The van der Waals surface area contributed by atoms with Crippen LogP contribution in [0.25, 0.3) is 22.4 Å². The third-order valence-electron chi connectivity index (χ3n) is 4.65.